The second-order valence-corrected chi connectivity index (χ2v) is 6.08. The van der Waals surface area contributed by atoms with Crippen molar-refractivity contribution in [2.24, 2.45) is 0 Å². The lowest BCUT2D eigenvalue weighted by atomic mass is 10.1. The predicted molar refractivity (Wildman–Crippen MR) is 76.0 cm³/mol. The fourth-order valence-electron chi connectivity index (χ4n) is 1.48. The maximum absolute atomic E-state index is 9.65. The molecule has 0 aliphatic rings. The van der Waals surface area contributed by atoms with Gasteiger partial charge >= 0.3 is 0 Å². The molecule has 3 nitrogen and oxygen atoms in total. The highest BCUT2D eigenvalue weighted by atomic mass is 79.9. The first kappa shape index (κ1) is 15.5. The number of ether oxygens (including phenoxy) is 2. The minimum Gasteiger partial charge on any atom is -0.491 e. The third kappa shape index (κ3) is 5.38. The third-order valence-electron chi connectivity index (χ3n) is 2.30. The van der Waals surface area contributed by atoms with Gasteiger partial charge in [-0.25, -0.2) is 0 Å². The summed E-state index contributed by atoms with van der Waals surface area (Å²) in [6.07, 6.45) is -0.545. The molecule has 0 saturated heterocycles. The van der Waals surface area contributed by atoms with Gasteiger partial charge < -0.3 is 14.6 Å². The molecule has 102 valence electrons. The van der Waals surface area contributed by atoms with E-state index in [0.29, 0.717) is 19.0 Å². The molecule has 0 aliphatic carbocycles. The van der Waals surface area contributed by atoms with Crippen LogP contribution in [0.1, 0.15) is 39.4 Å². The van der Waals surface area contributed by atoms with Crippen LogP contribution in [0, 0.1) is 0 Å². The van der Waals surface area contributed by atoms with Crippen LogP contribution in [0.4, 0.5) is 0 Å². The summed E-state index contributed by atoms with van der Waals surface area (Å²) in [7, 11) is 0. The van der Waals surface area contributed by atoms with Crippen LogP contribution in [-0.4, -0.2) is 23.9 Å². The quantitative estimate of drug-likeness (QED) is 0.842. The first-order valence-electron chi connectivity index (χ1n) is 6.04. The topological polar surface area (TPSA) is 38.7 Å². The number of halogens is 1. The molecule has 4 heteroatoms. The van der Waals surface area contributed by atoms with Crippen molar-refractivity contribution in [3.63, 3.8) is 0 Å². The highest BCUT2D eigenvalue weighted by Crippen LogP contribution is 2.28. The minimum atomic E-state index is -0.545. The molecule has 0 saturated carbocycles. The van der Waals surface area contributed by atoms with Crippen molar-refractivity contribution in [1.29, 1.82) is 0 Å². The van der Waals surface area contributed by atoms with Gasteiger partial charge in [0.1, 0.15) is 12.4 Å². The number of benzene rings is 1. The highest BCUT2D eigenvalue weighted by Gasteiger charge is 2.12. The SMILES string of the molecule is CC(O)c1ccc(Br)cc1OCCOC(C)(C)C. The molecule has 0 amide bonds. The average Bonchev–Trinajstić information content (AvgIpc) is 2.22. The van der Waals surface area contributed by atoms with Gasteiger partial charge in [-0.2, -0.15) is 0 Å². The van der Waals surface area contributed by atoms with Crippen molar-refractivity contribution in [3.05, 3.63) is 28.2 Å². The van der Waals surface area contributed by atoms with E-state index in [9.17, 15) is 5.11 Å². The molecule has 1 rings (SSSR count). The molecule has 1 aromatic carbocycles. The first-order chi connectivity index (χ1) is 8.29. The van der Waals surface area contributed by atoms with Gasteiger partial charge in [0.15, 0.2) is 0 Å². The van der Waals surface area contributed by atoms with Crippen LogP contribution in [-0.2, 0) is 4.74 Å². The summed E-state index contributed by atoms with van der Waals surface area (Å²) in [5, 5.41) is 9.65. The number of aliphatic hydroxyl groups is 1. The second-order valence-electron chi connectivity index (χ2n) is 5.17. The van der Waals surface area contributed by atoms with Crippen LogP contribution in [0.2, 0.25) is 0 Å². The van der Waals surface area contributed by atoms with Crippen LogP contribution < -0.4 is 4.74 Å². The van der Waals surface area contributed by atoms with Gasteiger partial charge in [-0.15, -0.1) is 0 Å². The van der Waals surface area contributed by atoms with Crippen LogP contribution in [0.5, 0.6) is 5.75 Å². The largest absolute Gasteiger partial charge is 0.491 e. The maximum Gasteiger partial charge on any atom is 0.126 e. The minimum absolute atomic E-state index is 0.159. The number of hydrogen-bond acceptors (Lipinski definition) is 3. The molecule has 1 aromatic rings. The standard InChI is InChI=1S/C14H21BrO3/c1-10(16)12-6-5-11(15)9-13(12)17-7-8-18-14(2,3)4/h5-6,9-10,16H,7-8H2,1-4H3. The summed E-state index contributed by atoms with van der Waals surface area (Å²) in [5.74, 6) is 0.692. The first-order valence-corrected chi connectivity index (χ1v) is 6.83. The molecule has 18 heavy (non-hydrogen) atoms. The Hall–Kier alpha value is -0.580. The molecule has 1 N–H and O–H groups in total. The van der Waals surface area contributed by atoms with E-state index < -0.39 is 6.10 Å². The third-order valence-corrected chi connectivity index (χ3v) is 2.79. The molecule has 0 aromatic heterocycles. The van der Waals surface area contributed by atoms with Crippen molar-refractivity contribution in [2.75, 3.05) is 13.2 Å². The van der Waals surface area contributed by atoms with Crippen molar-refractivity contribution < 1.29 is 14.6 Å². The lowest BCUT2D eigenvalue weighted by Gasteiger charge is -2.20. The van der Waals surface area contributed by atoms with E-state index in [1.165, 1.54) is 0 Å². The summed E-state index contributed by atoms with van der Waals surface area (Å²) >= 11 is 3.39. The molecule has 0 heterocycles. The second kappa shape index (κ2) is 6.55. The number of aliphatic hydroxyl groups excluding tert-OH is 1. The Bertz CT molecular complexity index is 383. The van der Waals surface area contributed by atoms with Crippen molar-refractivity contribution in [1.82, 2.24) is 0 Å². The van der Waals surface area contributed by atoms with E-state index in [-0.39, 0.29) is 5.60 Å². The molecule has 1 unspecified atom stereocenters. The Labute approximate surface area is 117 Å². The Morgan fingerprint density at radius 1 is 1.28 bits per heavy atom. The van der Waals surface area contributed by atoms with Crippen molar-refractivity contribution in [2.45, 2.75) is 39.4 Å². The van der Waals surface area contributed by atoms with E-state index >= 15 is 0 Å². The smallest absolute Gasteiger partial charge is 0.126 e. The fourth-order valence-corrected chi connectivity index (χ4v) is 1.82. The molecular formula is C14H21BrO3. The number of rotatable bonds is 5. The number of hydrogen-bond donors (Lipinski definition) is 1. The van der Waals surface area contributed by atoms with Crippen LogP contribution in [0.15, 0.2) is 22.7 Å². The van der Waals surface area contributed by atoms with Gasteiger partial charge in [0.05, 0.1) is 18.3 Å². The zero-order valence-corrected chi connectivity index (χ0v) is 13.0. The molecule has 0 bridgehead atoms. The van der Waals surface area contributed by atoms with Crippen molar-refractivity contribution in [3.8, 4) is 5.75 Å². The zero-order valence-electron chi connectivity index (χ0n) is 11.4. The molecular weight excluding hydrogens is 296 g/mol. The van der Waals surface area contributed by atoms with Crippen LogP contribution >= 0.6 is 15.9 Å². The zero-order chi connectivity index (χ0) is 13.8. The Morgan fingerprint density at radius 2 is 1.94 bits per heavy atom. The van der Waals surface area contributed by atoms with Gasteiger partial charge in [-0.1, -0.05) is 22.0 Å². The molecule has 0 aliphatic heterocycles. The van der Waals surface area contributed by atoms with E-state index in [1.54, 1.807) is 6.92 Å². The Kier molecular flexibility index (Phi) is 5.63. The van der Waals surface area contributed by atoms with Gasteiger partial charge in [-0.05, 0) is 39.8 Å². The lowest BCUT2D eigenvalue weighted by Crippen LogP contribution is -2.22. The Balaban J connectivity index is 2.58. The van der Waals surface area contributed by atoms with Crippen LogP contribution in [0.3, 0.4) is 0 Å². The van der Waals surface area contributed by atoms with Gasteiger partial charge in [0.25, 0.3) is 0 Å². The summed E-state index contributed by atoms with van der Waals surface area (Å²) < 4.78 is 12.2. The fraction of sp³-hybridized carbons (Fsp3) is 0.571. The summed E-state index contributed by atoms with van der Waals surface area (Å²) in [6, 6.07) is 5.61. The van der Waals surface area contributed by atoms with Crippen molar-refractivity contribution >= 4 is 15.9 Å². The summed E-state index contributed by atoms with van der Waals surface area (Å²) in [6.45, 7) is 8.73. The molecule has 1 atom stereocenters. The van der Waals surface area contributed by atoms with E-state index in [4.69, 9.17) is 9.47 Å². The predicted octanol–water partition coefficient (Wildman–Crippen LogP) is 3.70. The lowest BCUT2D eigenvalue weighted by molar-refractivity contribution is -0.0166. The van der Waals surface area contributed by atoms with Gasteiger partial charge in [0.2, 0.25) is 0 Å². The van der Waals surface area contributed by atoms with Crippen LogP contribution in [0.25, 0.3) is 0 Å². The molecule has 0 radical (unpaired) electrons. The Morgan fingerprint density at radius 3 is 2.50 bits per heavy atom. The average molecular weight is 317 g/mol. The summed E-state index contributed by atoms with van der Waals surface area (Å²) in [4.78, 5) is 0. The highest BCUT2D eigenvalue weighted by molar-refractivity contribution is 9.10. The maximum atomic E-state index is 9.65. The van der Waals surface area contributed by atoms with Gasteiger partial charge in [0, 0.05) is 10.0 Å². The molecule has 0 spiro atoms. The normalized spacial score (nSPS) is 13.4. The monoisotopic (exact) mass is 316 g/mol. The van der Waals surface area contributed by atoms with E-state index in [0.717, 1.165) is 10.0 Å². The van der Waals surface area contributed by atoms with E-state index in [1.807, 2.05) is 39.0 Å². The molecule has 0 fully saturated rings. The van der Waals surface area contributed by atoms with E-state index in [2.05, 4.69) is 15.9 Å². The van der Waals surface area contributed by atoms with Gasteiger partial charge in [-0.3, -0.25) is 0 Å². The summed E-state index contributed by atoms with van der Waals surface area (Å²) in [5.41, 5.74) is 0.627.